The minimum atomic E-state index is -4.03. The molecule has 0 bridgehead atoms. The monoisotopic (exact) mass is 363 g/mol. The lowest BCUT2D eigenvalue weighted by molar-refractivity contribution is -0.216. The minimum absolute atomic E-state index is 0.0806. The molecule has 0 unspecified atom stereocenters. The van der Waals surface area contributed by atoms with E-state index in [1.807, 2.05) is 24.3 Å². The van der Waals surface area contributed by atoms with Crippen LogP contribution in [0.2, 0.25) is 0 Å². The number of nitrogens with zero attached hydrogens (tertiary/aromatic N) is 1. The number of carbonyl (C=O) groups is 1. The normalized spacial score (nSPS) is 11.5. The van der Waals surface area contributed by atoms with Crippen molar-refractivity contribution >= 4 is 27.5 Å². The molecule has 25 heavy (non-hydrogen) atoms. The van der Waals surface area contributed by atoms with Crippen LogP contribution in [-0.2, 0) is 9.53 Å². The van der Waals surface area contributed by atoms with Crippen LogP contribution < -0.4 is 4.74 Å². The van der Waals surface area contributed by atoms with Crippen LogP contribution in [0.25, 0.3) is 20.8 Å². The van der Waals surface area contributed by atoms with Gasteiger partial charge in [-0.3, -0.25) is 0 Å². The number of carbonyl (C=O) groups excluding carboxylic acids is 1. The van der Waals surface area contributed by atoms with Gasteiger partial charge >= 0.3 is 12.1 Å². The Bertz CT molecular complexity index is 891. The number of benzene rings is 2. The molecule has 0 saturated heterocycles. The standard InChI is InChI=1S/C18H15F2NO3S/c1-3-23-17(22)18(19,20)24-14-9-8-12(10-11(14)2)16-21-13-6-4-5-7-15(13)25-16/h4-10H,3H2,1-2H3. The summed E-state index contributed by atoms with van der Waals surface area (Å²) in [5.41, 5.74) is 2.15. The van der Waals surface area contributed by atoms with Gasteiger partial charge in [0, 0.05) is 5.56 Å². The first-order chi connectivity index (χ1) is 11.9. The Morgan fingerprint density at radius 1 is 1.24 bits per heavy atom. The number of hydrogen-bond donors (Lipinski definition) is 0. The number of para-hydroxylation sites is 1. The molecule has 0 N–H and O–H groups in total. The second-order valence-electron chi connectivity index (χ2n) is 5.31. The Balaban J connectivity index is 1.87. The Labute approximate surface area is 147 Å². The number of thiazole rings is 1. The van der Waals surface area contributed by atoms with Crippen LogP contribution in [0.5, 0.6) is 5.75 Å². The van der Waals surface area contributed by atoms with E-state index in [4.69, 9.17) is 0 Å². The van der Waals surface area contributed by atoms with Gasteiger partial charge in [-0.2, -0.15) is 8.78 Å². The van der Waals surface area contributed by atoms with Gasteiger partial charge in [0.2, 0.25) is 0 Å². The lowest BCUT2D eigenvalue weighted by atomic mass is 10.1. The van der Waals surface area contributed by atoms with Crippen molar-refractivity contribution in [1.29, 1.82) is 0 Å². The molecule has 4 nitrogen and oxygen atoms in total. The molecular weight excluding hydrogens is 348 g/mol. The van der Waals surface area contributed by atoms with Crippen molar-refractivity contribution in [1.82, 2.24) is 4.98 Å². The summed E-state index contributed by atoms with van der Waals surface area (Å²) in [4.78, 5) is 15.8. The molecule has 0 radical (unpaired) electrons. The van der Waals surface area contributed by atoms with Crippen molar-refractivity contribution in [3.63, 3.8) is 0 Å². The summed E-state index contributed by atoms with van der Waals surface area (Å²) < 4.78 is 37.4. The van der Waals surface area contributed by atoms with Gasteiger partial charge in [-0.1, -0.05) is 12.1 Å². The first kappa shape index (κ1) is 17.3. The van der Waals surface area contributed by atoms with Gasteiger partial charge in [0.25, 0.3) is 0 Å². The van der Waals surface area contributed by atoms with Crippen molar-refractivity contribution in [2.24, 2.45) is 0 Å². The summed E-state index contributed by atoms with van der Waals surface area (Å²) in [6, 6.07) is 12.5. The number of rotatable bonds is 5. The van der Waals surface area contributed by atoms with Crippen molar-refractivity contribution in [2.45, 2.75) is 20.0 Å². The number of halogens is 2. The maximum Gasteiger partial charge on any atom is 0.502 e. The zero-order valence-electron chi connectivity index (χ0n) is 13.6. The Kier molecular flexibility index (Phi) is 4.67. The van der Waals surface area contributed by atoms with Gasteiger partial charge in [0.1, 0.15) is 10.8 Å². The smallest absolute Gasteiger partial charge is 0.459 e. The van der Waals surface area contributed by atoms with E-state index in [1.54, 1.807) is 19.1 Å². The molecule has 2 aromatic carbocycles. The van der Waals surface area contributed by atoms with Gasteiger partial charge < -0.3 is 9.47 Å². The quantitative estimate of drug-likeness (QED) is 0.611. The Hall–Kier alpha value is -2.54. The highest BCUT2D eigenvalue weighted by Crippen LogP contribution is 2.34. The highest BCUT2D eigenvalue weighted by atomic mass is 32.1. The van der Waals surface area contributed by atoms with Gasteiger partial charge in [0.15, 0.2) is 0 Å². The molecule has 0 amide bonds. The molecule has 7 heteroatoms. The predicted molar refractivity (Wildman–Crippen MR) is 92.0 cm³/mol. The van der Waals surface area contributed by atoms with Crippen molar-refractivity contribution in [3.8, 4) is 16.3 Å². The fourth-order valence-electron chi connectivity index (χ4n) is 2.29. The summed E-state index contributed by atoms with van der Waals surface area (Å²) >= 11 is 1.52. The molecule has 0 spiro atoms. The third-order valence-electron chi connectivity index (χ3n) is 3.47. The first-order valence-electron chi connectivity index (χ1n) is 7.61. The van der Waals surface area contributed by atoms with Crippen molar-refractivity contribution in [2.75, 3.05) is 6.61 Å². The molecule has 1 heterocycles. The predicted octanol–water partition coefficient (Wildman–Crippen LogP) is 4.81. The van der Waals surface area contributed by atoms with E-state index in [0.717, 1.165) is 20.8 Å². The van der Waals surface area contributed by atoms with E-state index in [9.17, 15) is 13.6 Å². The average molecular weight is 363 g/mol. The zero-order chi connectivity index (χ0) is 18.0. The minimum Gasteiger partial charge on any atom is -0.459 e. The molecule has 0 aliphatic rings. The summed E-state index contributed by atoms with van der Waals surface area (Å²) in [5.74, 6) is -1.78. The molecule has 0 atom stereocenters. The molecular formula is C18H15F2NO3S. The number of aromatic nitrogens is 1. The maximum atomic E-state index is 13.7. The topological polar surface area (TPSA) is 48.4 Å². The van der Waals surface area contributed by atoms with Crippen LogP contribution in [0, 0.1) is 6.92 Å². The third-order valence-corrected chi connectivity index (χ3v) is 4.55. The molecule has 0 fully saturated rings. The maximum absolute atomic E-state index is 13.7. The van der Waals surface area contributed by atoms with E-state index >= 15 is 0 Å². The summed E-state index contributed by atoms with van der Waals surface area (Å²) in [6.07, 6.45) is -4.03. The van der Waals surface area contributed by atoms with Crippen LogP contribution in [0.1, 0.15) is 12.5 Å². The van der Waals surface area contributed by atoms with Crippen LogP contribution in [0.4, 0.5) is 8.78 Å². The Morgan fingerprint density at radius 3 is 2.68 bits per heavy atom. The van der Waals surface area contributed by atoms with Crippen LogP contribution >= 0.6 is 11.3 Å². The first-order valence-corrected chi connectivity index (χ1v) is 8.43. The second-order valence-corrected chi connectivity index (χ2v) is 6.34. The average Bonchev–Trinajstić information content (AvgIpc) is 3.01. The number of hydrogen-bond acceptors (Lipinski definition) is 5. The number of alkyl halides is 2. The lowest BCUT2D eigenvalue weighted by Gasteiger charge is -2.17. The second kappa shape index (κ2) is 6.76. The van der Waals surface area contributed by atoms with E-state index in [2.05, 4.69) is 14.5 Å². The summed E-state index contributed by atoms with van der Waals surface area (Å²) in [6.45, 7) is 2.94. The van der Waals surface area contributed by atoms with Crippen LogP contribution in [0.3, 0.4) is 0 Å². The van der Waals surface area contributed by atoms with Gasteiger partial charge in [-0.15, -0.1) is 11.3 Å². The van der Waals surface area contributed by atoms with E-state index < -0.39 is 12.1 Å². The molecule has 0 saturated carbocycles. The molecule has 3 rings (SSSR count). The summed E-state index contributed by atoms with van der Waals surface area (Å²) in [5, 5.41) is 0.785. The third kappa shape index (κ3) is 3.61. The Morgan fingerprint density at radius 2 is 2.00 bits per heavy atom. The van der Waals surface area contributed by atoms with Gasteiger partial charge in [-0.05, 0) is 49.7 Å². The number of aryl methyl sites for hydroxylation is 1. The van der Waals surface area contributed by atoms with Gasteiger partial charge in [0.05, 0.1) is 16.8 Å². The highest BCUT2D eigenvalue weighted by molar-refractivity contribution is 7.21. The number of fused-ring (bicyclic) bond motifs is 1. The van der Waals surface area contributed by atoms with E-state index in [0.29, 0.717) is 5.56 Å². The molecule has 0 aliphatic carbocycles. The highest BCUT2D eigenvalue weighted by Gasteiger charge is 2.44. The fraction of sp³-hybridized carbons (Fsp3) is 0.222. The molecule has 3 aromatic rings. The van der Waals surface area contributed by atoms with Crippen LogP contribution in [0.15, 0.2) is 42.5 Å². The van der Waals surface area contributed by atoms with E-state index in [-0.39, 0.29) is 12.4 Å². The SMILES string of the molecule is CCOC(=O)C(F)(F)Oc1ccc(-c2nc3ccccc3s2)cc1C. The van der Waals surface area contributed by atoms with Gasteiger partial charge in [-0.25, -0.2) is 9.78 Å². The van der Waals surface area contributed by atoms with Crippen molar-refractivity contribution < 1.29 is 23.0 Å². The molecule has 130 valence electrons. The van der Waals surface area contributed by atoms with Crippen molar-refractivity contribution in [3.05, 3.63) is 48.0 Å². The lowest BCUT2D eigenvalue weighted by Crippen LogP contribution is -2.37. The summed E-state index contributed by atoms with van der Waals surface area (Å²) in [7, 11) is 0. The van der Waals surface area contributed by atoms with E-state index in [1.165, 1.54) is 24.3 Å². The molecule has 1 aromatic heterocycles. The largest absolute Gasteiger partial charge is 0.502 e. The number of esters is 1. The van der Waals surface area contributed by atoms with Crippen LogP contribution in [-0.4, -0.2) is 23.7 Å². The number of ether oxygens (including phenoxy) is 2. The fourth-order valence-corrected chi connectivity index (χ4v) is 3.25. The zero-order valence-corrected chi connectivity index (χ0v) is 14.4. The molecule has 0 aliphatic heterocycles.